The number of nitrogens with one attached hydrogen (secondary N) is 1. The Balaban J connectivity index is 2.02. The van der Waals surface area contributed by atoms with Gasteiger partial charge in [-0.3, -0.25) is 9.69 Å². The molecule has 1 N–H and O–H groups in total. The molecule has 1 amide bonds. The van der Waals surface area contributed by atoms with Crippen LogP contribution >= 0.6 is 11.3 Å². The van der Waals surface area contributed by atoms with Gasteiger partial charge in [-0.2, -0.15) is 0 Å². The molecular formula is C14H25N5OS. The summed E-state index contributed by atoms with van der Waals surface area (Å²) in [5.41, 5.74) is 2.90. The third kappa shape index (κ3) is 4.00. The van der Waals surface area contributed by atoms with Crippen molar-refractivity contribution in [2.24, 2.45) is 0 Å². The number of amides is 1. The van der Waals surface area contributed by atoms with E-state index in [0.717, 1.165) is 36.6 Å². The Morgan fingerprint density at radius 2 is 2.19 bits per heavy atom. The molecule has 1 aromatic heterocycles. The Hall–Kier alpha value is -1.02. The van der Waals surface area contributed by atoms with Gasteiger partial charge < -0.3 is 15.1 Å². The van der Waals surface area contributed by atoms with Crippen molar-refractivity contribution >= 4 is 17.2 Å². The van der Waals surface area contributed by atoms with Crippen LogP contribution in [0.4, 0.5) is 0 Å². The summed E-state index contributed by atoms with van der Waals surface area (Å²) in [6.07, 6.45) is 0.838. The highest BCUT2D eigenvalue weighted by Gasteiger charge is 2.31. The van der Waals surface area contributed by atoms with Crippen LogP contribution in [0.2, 0.25) is 0 Å². The summed E-state index contributed by atoms with van der Waals surface area (Å²) in [6, 6.07) is -0.253. The molecule has 0 radical (unpaired) electrons. The summed E-state index contributed by atoms with van der Waals surface area (Å²) in [6.45, 7) is 3.34. The second kappa shape index (κ2) is 7.31. The van der Waals surface area contributed by atoms with Crippen LogP contribution in [-0.4, -0.2) is 80.1 Å². The SMILES string of the molecule is CNC1C(=O)N(CN(C)CCN(C)C)CCc2ncsc21. The topological polar surface area (TPSA) is 51.7 Å². The lowest BCUT2D eigenvalue weighted by Crippen LogP contribution is -2.45. The van der Waals surface area contributed by atoms with Crippen molar-refractivity contribution in [2.75, 3.05) is 54.5 Å². The van der Waals surface area contributed by atoms with E-state index in [-0.39, 0.29) is 11.9 Å². The average Bonchev–Trinajstić information content (AvgIpc) is 2.85. The van der Waals surface area contributed by atoms with E-state index in [1.165, 1.54) is 0 Å². The summed E-state index contributed by atoms with van der Waals surface area (Å²) < 4.78 is 0. The third-order valence-electron chi connectivity index (χ3n) is 3.74. The van der Waals surface area contributed by atoms with Gasteiger partial charge in [0, 0.05) is 26.1 Å². The quantitative estimate of drug-likeness (QED) is 0.816. The van der Waals surface area contributed by atoms with Crippen molar-refractivity contribution in [2.45, 2.75) is 12.5 Å². The Kier molecular flexibility index (Phi) is 5.69. The second-order valence-corrected chi connectivity index (χ2v) is 6.65. The molecule has 1 unspecified atom stereocenters. The molecule has 0 saturated heterocycles. The van der Waals surface area contributed by atoms with Crippen LogP contribution in [0.15, 0.2) is 5.51 Å². The van der Waals surface area contributed by atoms with Crippen LogP contribution in [0.5, 0.6) is 0 Å². The minimum Gasteiger partial charge on any atom is -0.328 e. The van der Waals surface area contributed by atoms with E-state index in [1.807, 2.05) is 17.5 Å². The first kappa shape index (κ1) is 16.4. The van der Waals surface area contributed by atoms with Gasteiger partial charge >= 0.3 is 0 Å². The maximum absolute atomic E-state index is 12.7. The van der Waals surface area contributed by atoms with Gasteiger partial charge in [0.1, 0.15) is 6.04 Å². The van der Waals surface area contributed by atoms with Gasteiger partial charge in [-0.1, -0.05) is 0 Å². The molecule has 1 aromatic rings. The van der Waals surface area contributed by atoms with E-state index >= 15 is 0 Å². The molecule has 7 heteroatoms. The first-order valence-corrected chi connectivity index (χ1v) is 8.12. The zero-order valence-corrected chi connectivity index (χ0v) is 14.1. The molecule has 2 rings (SSSR count). The maximum Gasteiger partial charge on any atom is 0.246 e. The van der Waals surface area contributed by atoms with Crippen LogP contribution in [0.3, 0.4) is 0 Å². The molecule has 0 aliphatic carbocycles. The number of aromatic nitrogens is 1. The molecule has 21 heavy (non-hydrogen) atoms. The standard InChI is InChI=1S/C14H25N5OS/c1-15-12-13-11(16-9-21-13)5-6-19(14(12)20)10-18(4)8-7-17(2)3/h9,12,15H,5-8,10H2,1-4H3. The zero-order chi connectivity index (χ0) is 15.4. The van der Waals surface area contributed by atoms with Crippen LogP contribution < -0.4 is 5.32 Å². The third-order valence-corrected chi connectivity index (χ3v) is 4.68. The Morgan fingerprint density at radius 1 is 1.43 bits per heavy atom. The molecule has 0 bridgehead atoms. The molecular weight excluding hydrogens is 286 g/mol. The fourth-order valence-corrected chi connectivity index (χ4v) is 3.41. The number of nitrogens with zero attached hydrogens (tertiary/aromatic N) is 4. The van der Waals surface area contributed by atoms with Crippen molar-refractivity contribution in [3.05, 3.63) is 16.1 Å². The number of carbonyl (C=O) groups excluding carboxylic acids is 1. The molecule has 1 atom stereocenters. The molecule has 0 aromatic carbocycles. The number of rotatable bonds is 6. The predicted molar refractivity (Wildman–Crippen MR) is 85.4 cm³/mol. The first-order valence-electron chi connectivity index (χ1n) is 7.24. The van der Waals surface area contributed by atoms with E-state index in [4.69, 9.17) is 0 Å². The van der Waals surface area contributed by atoms with E-state index in [1.54, 1.807) is 11.3 Å². The molecule has 1 aliphatic heterocycles. The molecule has 0 fully saturated rings. The van der Waals surface area contributed by atoms with Crippen LogP contribution in [0.1, 0.15) is 16.6 Å². The summed E-state index contributed by atoms with van der Waals surface area (Å²) in [5, 5.41) is 3.14. The fraction of sp³-hybridized carbons (Fsp3) is 0.714. The summed E-state index contributed by atoms with van der Waals surface area (Å²) >= 11 is 1.57. The van der Waals surface area contributed by atoms with Gasteiger partial charge in [0.2, 0.25) is 5.91 Å². The van der Waals surface area contributed by atoms with Crippen molar-refractivity contribution in [3.63, 3.8) is 0 Å². The van der Waals surface area contributed by atoms with Crippen LogP contribution in [0.25, 0.3) is 0 Å². The molecule has 6 nitrogen and oxygen atoms in total. The largest absolute Gasteiger partial charge is 0.328 e. The highest BCUT2D eigenvalue weighted by Crippen LogP contribution is 2.27. The normalized spacial score (nSPS) is 19.2. The highest BCUT2D eigenvalue weighted by atomic mass is 32.1. The van der Waals surface area contributed by atoms with E-state index in [9.17, 15) is 4.79 Å². The maximum atomic E-state index is 12.7. The minimum atomic E-state index is -0.253. The number of fused-ring (bicyclic) bond motifs is 1. The Labute approximate surface area is 130 Å². The van der Waals surface area contributed by atoms with Gasteiger partial charge in [0.15, 0.2) is 0 Å². The van der Waals surface area contributed by atoms with E-state index in [2.05, 4.69) is 41.2 Å². The number of thiazole rings is 1. The van der Waals surface area contributed by atoms with Gasteiger partial charge in [-0.25, -0.2) is 4.98 Å². The van der Waals surface area contributed by atoms with Gasteiger partial charge in [-0.15, -0.1) is 11.3 Å². The minimum absolute atomic E-state index is 0.150. The fourth-order valence-electron chi connectivity index (χ4n) is 2.47. The molecule has 0 saturated carbocycles. The molecule has 0 spiro atoms. The summed E-state index contributed by atoms with van der Waals surface area (Å²) in [4.78, 5) is 24.5. The second-order valence-electron chi connectivity index (χ2n) is 5.76. The number of carbonyl (C=O) groups is 1. The average molecular weight is 311 g/mol. The lowest BCUT2D eigenvalue weighted by molar-refractivity contribution is -0.135. The lowest BCUT2D eigenvalue weighted by Gasteiger charge is -2.29. The van der Waals surface area contributed by atoms with Crippen LogP contribution in [-0.2, 0) is 11.2 Å². The molecule has 2 heterocycles. The lowest BCUT2D eigenvalue weighted by atomic mass is 10.2. The summed E-state index contributed by atoms with van der Waals surface area (Å²) in [5.74, 6) is 0.150. The predicted octanol–water partition coefficient (Wildman–Crippen LogP) is 0.239. The van der Waals surface area contributed by atoms with Gasteiger partial charge in [0.05, 0.1) is 22.8 Å². The Morgan fingerprint density at radius 3 is 2.86 bits per heavy atom. The number of hydrogen-bond donors (Lipinski definition) is 1. The molecule has 1 aliphatic rings. The van der Waals surface area contributed by atoms with E-state index < -0.39 is 0 Å². The van der Waals surface area contributed by atoms with Crippen molar-refractivity contribution in [1.82, 2.24) is 25.0 Å². The Bertz CT molecular complexity index is 476. The van der Waals surface area contributed by atoms with Gasteiger partial charge in [0.25, 0.3) is 0 Å². The van der Waals surface area contributed by atoms with Gasteiger partial charge in [-0.05, 0) is 28.2 Å². The smallest absolute Gasteiger partial charge is 0.246 e. The zero-order valence-electron chi connectivity index (χ0n) is 13.3. The number of hydrogen-bond acceptors (Lipinski definition) is 6. The first-order chi connectivity index (χ1) is 10.0. The molecule has 118 valence electrons. The highest BCUT2D eigenvalue weighted by molar-refractivity contribution is 7.10. The number of likely N-dealkylation sites (N-methyl/N-ethyl adjacent to an activating group) is 3. The monoisotopic (exact) mass is 311 g/mol. The summed E-state index contributed by atoms with van der Waals surface area (Å²) in [7, 11) is 8.02. The van der Waals surface area contributed by atoms with Crippen LogP contribution in [0, 0.1) is 0 Å². The van der Waals surface area contributed by atoms with E-state index in [0.29, 0.717) is 6.67 Å². The van der Waals surface area contributed by atoms with Crippen molar-refractivity contribution in [3.8, 4) is 0 Å². The van der Waals surface area contributed by atoms with Crippen molar-refractivity contribution < 1.29 is 4.79 Å². The van der Waals surface area contributed by atoms with Crippen molar-refractivity contribution in [1.29, 1.82) is 0 Å².